The number of ketones is 1. The van der Waals surface area contributed by atoms with Gasteiger partial charge in [-0.2, -0.15) is 0 Å². The minimum atomic E-state index is -0.804. The Kier molecular flexibility index (Phi) is 4.17. The van der Waals surface area contributed by atoms with Crippen LogP contribution in [0.5, 0.6) is 17.2 Å². The minimum absolute atomic E-state index is 0.0312. The van der Waals surface area contributed by atoms with E-state index in [1.807, 2.05) is 13.8 Å². The number of aliphatic hydroxyl groups excluding tert-OH is 2. The summed E-state index contributed by atoms with van der Waals surface area (Å²) in [7, 11) is 1.41. The van der Waals surface area contributed by atoms with Gasteiger partial charge in [0.2, 0.25) is 5.78 Å². The van der Waals surface area contributed by atoms with E-state index in [-0.39, 0.29) is 48.2 Å². The zero-order chi connectivity index (χ0) is 20.4. The predicted molar refractivity (Wildman–Crippen MR) is 99.7 cm³/mol. The number of aromatic hydroxyl groups is 2. The normalized spacial score (nSPS) is 31.2. The van der Waals surface area contributed by atoms with Crippen LogP contribution in [0.25, 0.3) is 0 Å². The van der Waals surface area contributed by atoms with E-state index in [0.29, 0.717) is 29.5 Å². The average molecular weight is 390 g/mol. The van der Waals surface area contributed by atoms with E-state index in [1.54, 1.807) is 0 Å². The number of phenols is 2. The van der Waals surface area contributed by atoms with E-state index >= 15 is 0 Å². The van der Waals surface area contributed by atoms with Crippen LogP contribution in [-0.4, -0.2) is 52.6 Å². The Morgan fingerprint density at radius 3 is 2.50 bits per heavy atom. The van der Waals surface area contributed by atoms with E-state index in [0.717, 1.165) is 6.42 Å². The molecule has 0 spiro atoms. The van der Waals surface area contributed by atoms with Crippen molar-refractivity contribution in [2.24, 2.45) is 5.41 Å². The highest BCUT2D eigenvalue weighted by Gasteiger charge is 2.55. The monoisotopic (exact) mass is 390 g/mol. The maximum Gasteiger partial charge on any atom is 0.231 e. The van der Waals surface area contributed by atoms with Crippen molar-refractivity contribution in [3.63, 3.8) is 0 Å². The summed E-state index contributed by atoms with van der Waals surface area (Å²) in [4.78, 5) is 13.3. The van der Waals surface area contributed by atoms with Gasteiger partial charge in [0, 0.05) is 28.4 Å². The van der Waals surface area contributed by atoms with Crippen molar-refractivity contribution in [1.29, 1.82) is 0 Å². The first-order valence-corrected chi connectivity index (χ1v) is 9.57. The highest BCUT2D eigenvalue weighted by atomic mass is 16.5. The van der Waals surface area contributed by atoms with Gasteiger partial charge in [0.1, 0.15) is 11.9 Å². The SMILES string of the molecule is COC1=C2[C@](C)(CO)CCC[C@]2(C)c2c(O)c3c(c(O)c2C1=O)C[C@H](CO)O3. The first-order valence-electron chi connectivity index (χ1n) is 9.57. The Hall–Kier alpha value is -2.25. The van der Waals surface area contributed by atoms with Gasteiger partial charge in [-0.1, -0.05) is 20.3 Å². The fourth-order valence-corrected chi connectivity index (χ4v) is 5.47. The number of phenolic OH excluding ortho intramolecular Hbond substituents is 2. The fourth-order valence-electron chi connectivity index (χ4n) is 5.47. The molecule has 0 amide bonds. The molecule has 7 heteroatoms. The Morgan fingerprint density at radius 2 is 1.89 bits per heavy atom. The maximum absolute atomic E-state index is 13.3. The number of benzene rings is 1. The van der Waals surface area contributed by atoms with E-state index in [9.17, 15) is 25.2 Å². The third-order valence-corrected chi connectivity index (χ3v) is 6.74. The second-order valence-electron chi connectivity index (χ2n) is 8.52. The van der Waals surface area contributed by atoms with Crippen LogP contribution in [0.1, 0.15) is 54.6 Å². The molecule has 2 aliphatic carbocycles. The lowest BCUT2D eigenvalue weighted by Gasteiger charge is -2.50. The number of fused-ring (bicyclic) bond motifs is 4. The second-order valence-corrected chi connectivity index (χ2v) is 8.52. The summed E-state index contributed by atoms with van der Waals surface area (Å²) in [6.45, 7) is 3.37. The number of aliphatic hydroxyl groups is 2. The number of methoxy groups -OCH3 is 1. The van der Waals surface area contributed by atoms with E-state index in [2.05, 4.69) is 0 Å². The Balaban J connectivity index is 2.06. The van der Waals surface area contributed by atoms with Crippen LogP contribution in [-0.2, 0) is 16.6 Å². The molecule has 0 saturated heterocycles. The van der Waals surface area contributed by atoms with Crippen LogP contribution in [0, 0.1) is 5.41 Å². The summed E-state index contributed by atoms with van der Waals surface area (Å²) in [6, 6.07) is 0. The highest BCUT2D eigenvalue weighted by Crippen LogP contribution is 2.62. The molecule has 0 aromatic heterocycles. The van der Waals surface area contributed by atoms with Crippen molar-refractivity contribution >= 4 is 5.78 Å². The van der Waals surface area contributed by atoms with Crippen molar-refractivity contribution in [2.45, 2.75) is 51.0 Å². The average Bonchev–Trinajstić information content (AvgIpc) is 3.12. The third kappa shape index (κ3) is 2.20. The van der Waals surface area contributed by atoms with Crippen LogP contribution in [0.15, 0.2) is 11.3 Å². The second kappa shape index (κ2) is 6.12. The molecular weight excluding hydrogens is 364 g/mol. The lowest BCUT2D eigenvalue weighted by atomic mass is 9.54. The lowest BCUT2D eigenvalue weighted by Crippen LogP contribution is -2.46. The van der Waals surface area contributed by atoms with E-state index < -0.39 is 22.7 Å². The molecule has 1 aliphatic heterocycles. The Bertz CT molecular complexity index is 903. The number of ether oxygens (including phenoxy) is 2. The van der Waals surface area contributed by atoms with Gasteiger partial charge in [-0.25, -0.2) is 0 Å². The van der Waals surface area contributed by atoms with Gasteiger partial charge in [-0.15, -0.1) is 0 Å². The topological polar surface area (TPSA) is 116 Å². The standard InChI is InChI=1S/C21H26O7/c1-20(9-23)5-4-6-21(2)13-12(15(25)18(27-3)19(20)21)14(24)11-7-10(8-22)28-17(11)16(13)26/h10,22-24,26H,4-9H2,1-3H3/t10-,20+,21-/m1/s1. The molecule has 7 nitrogen and oxygen atoms in total. The lowest BCUT2D eigenvalue weighted by molar-refractivity contribution is 0.0828. The number of rotatable bonds is 3. The van der Waals surface area contributed by atoms with E-state index in [4.69, 9.17) is 9.47 Å². The highest BCUT2D eigenvalue weighted by molar-refractivity contribution is 6.14. The number of carbonyl (C=O) groups excluding carboxylic acids is 1. The molecule has 28 heavy (non-hydrogen) atoms. The van der Waals surface area contributed by atoms with Crippen molar-refractivity contribution in [2.75, 3.05) is 20.3 Å². The van der Waals surface area contributed by atoms with Crippen molar-refractivity contribution < 1.29 is 34.7 Å². The zero-order valence-corrected chi connectivity index (χ0v) is 16.3. The minimum Gasteiger partial charge on any atom is -0.507 e. The molecule has 0 bridgehead atoms. The molecule has 0 unspecified atom stereocenters. The molecule has 1 aromatic rings. The number of carbonyl (C=O) groups is 1. The van der Waals surface area contributed by atoms with Gasteiger partial charge in [0.05, 0.1) is 25.9 Å². The molecule has 1 saturated carbocycles. The van der Waals surface area contributed by atoms with Crippen LogP contribution in [0.2, 0.25) is 0 Å². The molecular formula is C21H26O7. The van der Waals surface area contributed by atoms with Gasteiger partial charge in [0.25, 0.3) is 0 Å². The smallest absolute Gasteiger partial charge is 0.231 e. The van der Waals surface area contributed by atoms with Crippen LogP contribution in [0.3, 0.4) is 0 Å². The van der Waals surface area contributed by atoms with Crippen molar-refractivity contribution in [1.82, 2.24) is 0 Å². The van der Waals surface area contributed by atoms with Crippen molar-refractivity contribution in [3.8, 4) is 17.2 Å². The van der Waals surface area contributed by atoms with Gasteiger partial charge in [0.15, 0.2) is 17.3 Å². The maximum atomic E-state index is 13.3. The number of hydrogen-bond donors (Lipinski definition) is 4. The number of Topliss-reactive ketones (excluding diaryl/α,β-unsaturated/α-hetero) is 1. The summed E-state index contributed by atoms with van der Waals surface area (Å²) in [5.74, 6) is -0.659. The van der Waals surface area contributed by atoms with Crippen LogP contribution < -0.4 is 4.74 Å². The zero-order valence-electron chi connectivity index (χ0n) is 16.3. The Labute approximate surface area is 163 Å². The van der Waals surface area contributed by atoms with Gasteiger partial charge < -0.3 is 29.9 Å². The Morgan fingerprint density at radius 1 is 1.18 bits per heavy atom. The number of hydrogen-bond acceptors (Lipinski definition) is 7. The summed E-state index contributed by atoms with van der Waals surface area (Å²) in [5, 5.41) is 41.6. The number of allylic oxidation sites excluding steroid dienone is 1. The molecule has 152 valence electrons. The van der Waals surface area contributed by atoms with Gasteiger partial charge >= 0.3 is 0 Å². The molecule has 1 heterocycles. The summed E-state index contributed by atoms with van der Waals surface area (Å²) < 4.78 is 11.2. The quantitative estimate of drug-likeness (QED) is 0.583. The third-order valence-electron chi connectivity index (χ3n) is 6.74. The van der Waals surface area contributed by atoms with Gasteiger partial charge in [-0.3, -0.25) is 4.79 Å². The van der Waals surface area contributed by atoms with E-state index in [1.165, 1.54) is 7.11 Å². The molecule has 4 rings (SSSR count). The first kappa shape index (κ1) is 19.1. The first-order chi connectivity index (χ1) is 13.2. The van der Waals surface area contributed by atoms with Crippen LogP contribution >= 0.6 is 0 Å². The summed E-state index contributed by atoms with van der Waals surface area (Å²) in [5.41, 5.74) is -0.152. The molecule has 4 N–H and O–H groups in total. The molecule has 1 fully saturated rings. The molecule has 3 aliphatic rings. The fraction of sp³-hybridized carbons (Fsp3) is 0.571. The predicted octanol–water partition coefficient (Wildman–Crippen LogP) is 1.93. The van der Waals surface area contributed by atoms with Crippen molar-refractivity contribution in [3.05, 3.63) is 28.0 Å². The molecule has 0 radical (unpaired) electrons. The molecule has 3 atom stereocenters. The largest absolute Gasteiger partial charge is 0.507 e. The summed E-state index contributed by atoms with van der Waals surface area (Å²) >= 11 is 0. The van der Waals surface area contributed by atoms with Crippen LogP contribution in [0.4, 0.5) is 0 Å². The summed E-state index contributed by atoms with van der Waals surface area (Å²) in [6.07, 6.45) is 1.71. The molecule has 1 aromatic carbocycles. The van der Waals surface area contributed by atoms with Gasteiger partial charge in [-0.05, 0) is 18.4 Å².